The van der Waals surface area contributed by atoms with E-state index < -0.39 is 0 Å². The number of fused-ring (bicyclic) bond motifs is 1. The van der Waals surface area contributed by atoms with E-state index in [1.165, 1.54) is 27.8 Å². The van der Waals surface area contributed by atoms with Crippen LogP contribution in [0.2, 0.25) is 0 Å². The number of ether oxygens (including phenoxy) is 1. The maximum absolute atomic E-state index is 5.92. The summed E-state index contributed by atoms with van der Waals surface area (Å²) in [5, 5.41) is 0. The zero-order valence-electron chi connectivity index (χ0n) is 17.5. The Labute approximate surface area is 173 Å². The first-order valence-electron chi connectivity index (χ1n) is 10.3. The molecule has 29 heavy (non-hydrogen) atoms. The maximum atomic E-state index is 5.92. The van der Waals surface area contributed by atoms with E-state index >= 15 is 0 Å². The number of unbranched alkanes of at least 4 members (excludes halogenated alkanes) is 1. The van der Waals surface area contributed by atoms with Gasteiger partial charge < -0.3 is 9.30 Å². The molecule has 0 aliphatic heterocycles. The number of aromatic nitrogens is 2. The highest BCUT2D eigenvalue weighted by molar-refractivity contribution is 5.81. The smallest absolute Gasteiger partial charge is 0.141 e. The third kappa shape index (κ3) is 4.34. The van der Waals surface area contributed by atoms with Gasteiger partial charge in [0.05, 0.1) is 17.6 Å². The monoisotopic (exact) mass is 384 g/mol. The van der Waals surface area contributed by atoms with Crippen LogP contribution in [0, 0.1) is 20.8 Å². The van der Waals surface area contributed by atoms with Crippen LogP contribution in [0.15, 0.2) is 66.7 Å². The SMILES string of the molecule is Cc1cccc(OCCCCn2c(-c3ccc(C)cc3C)nc3ccccc32)c1. The molecule has 3 nitrogen and oxygen atoms in total. The van der Waals surface area contributed by atoms with Crippen LogP contribution in [0.3, 0.4) is 0 Å². The Balaban J connectivity index is 1.50. The molecule has 0 fully saturated rings. The summed E-state index contributed by atoms with van der Waals surface area (Å²) in [6.07, 6.45) is 2.05. The summed E-state index contributed by atoms with van der Waals surface area (Å²) < 4.78 is 8.28. The van der Waals surface area contributed by atoms with Crippen molar-refractivity contribution in [2.24, 2.45) is 0 Å². The number of nitrogens with zero attached hydrogens (tertiary/aromatic N) is 2. The molecule has 1 aromatic heterocycles. The van der Waals surface area contributed by atoms with E-state index in [-0.39, 0.29) is 0 Å². The zero-order chi connectivity index (χ0) is 20.2. The normalized spacial score (nSPS) is 11.1. The Morgan fingerprint density at radius 1 is 0.828 bits per heavy atom. The molecule has 0 N–H and O–H groups in total. The average molecular weight is 385 g/mol. The minimum Gasteiger partial charge on any atom is -0.494 e. The zero-order valence-corrected chi connectivity index (χ0v) is 17.5. The van der Waals surface area contributed by atoms with Gasteiger partial charge in [0.1, 0.15) is 11.6 Å². The number of imidazole rings is 1. The fourth-order valence-electron chi connectivity index (χ4n) is 3.84. The van der Waals surface area contributed by atoms with Gasteiger partial charge in [0.2, 0.25) is 0 Å². The molecular formula is C26H28N2O. The van der Waals surface area contributed by atoms with Gasteiger partial charge in [0.25, 0.3) is 0 Å². The third-order valence-electron chi connectivity index (χ3n) is 5.31. The molecule has 0 amide bonds. The largest absolute Gasteiger partial charge is 0.494 e. The summed E-state index contributed by atoms with van der Waals surface area (Å²) in [6.45, 7) is 8.05. The van der Waals surface area contributed by atoms with E-state index in [1.54, 1.807) is 0 Å². The summed E-state index contributed by atoms with van der Waals surface area (Å²) in [7, 11) is 0. The first-order chi connectivity index (χ1) is 14.1. The van der Waals surface area contributed by atoms with Crippen molar-refractivity contribution in [1.82, 2.24) is 9.55 Å². The highest BCUT2D eigenvalue weighted by Crippen LogP contribution is 2.28. The van der Waals surface area contributed by atoms with Gasteiger partial charge in [-0.3, -0.25) is 0 Å². The molecule has 0 radical (unpaired) electrons. The van der Waals surface area contributed by atoms with Crippen LogP contribution < -0.4 is 4.74 Å². The lowest BCUT2D eigenvalue weighted by atomic mass is 10.1. The molecule has 1 heterocycles. The van der Waals surface area contributed by atoms with Gasteiger partial charge in [-0.05, 0) is 69.0 Å². The average Bonchev–Trinajstić information content (AvgIpc) is 3.06. The van der Waals surface area contributed by atoms with Gasteiger partial charge in [-0.25, -0.2) is 4.98 Å². The van der Waals surface area contributed by atoms with Gasteiger partial charge in [-0.2, -0.15) is 0 Å². The Hall–Kier alpha value is -3.07. The summed E-state index contributed by atoms with van der Waals surface area (Å²) in [5.74, 6) is 2.01. The summed E-state index contributed by atoms with van der Waals surface area (Å²) in [6, 6.07) is 23.2. The molecule has 0 spiro atoms. The molecular weight excluding hydrogens is 356 g/mol. The minimum absolute atomic E-state index is 0.731. The molecule has 0 saturated carbocycles. The third-order valence-corrected chi connectivity index (χ3v) is 5.31. The van der Waals surface area contributed by atoms with Crippen molar-refractivity contribution in [3.63, 3.8) is 0 Å². The highest BCUT2D eigenvalue weighted by atomic mass is 16.5. The van der Waals surface area contributed by atoms with Crippen LogP contribution in [-0.2, 0) is 6.54 Å². The van der Waals surface area contributed by atoms with Gasteiger partial charge >= 0.3 is 0 Å². The second kappa shape index (κ2) is 8.52. The molecule has 0 saturated heterocycles. The van der Waals surface area contributed by atoms with Gasteiger partial charge in [-0.15, -0.1) is 0 Å². The van der Waals surface area contributed by atoms with E-state index in [2.05, 4.69) is 79.9 Å². The lowest BCUT2D eigenvalue weighted by Crippen LogP contribution is -2.04. The standard InChI is InChI=1S/C26H28N2O/c1-19-9-8-10-22(18-19)29-16-7-6-15-28-25-12-5-4-11-24(25)27-26(28)23-14-13-20(2)17-21(23)3/h4-5,8-14,17-18H,6-7,15-16H2,1-3H3. The van der Waals surface area contributed by atoms with E-state index in [4.69, 9.17) is 9.72 Å². The van der Waals surface area contributed by atoms with Crippen LogP contribution in [0.5, 0.6) is 5.75 Å². The minimum atomic E-state index is 0.731. The predicted molar refractivity (Wildman–Crippen MR) is 121 cm³/mol. The Kier molecular flexibility index (Phi) is 5.66. The Bertz CT molecular complexity index is 1130. The number of aryl methyl sites for hydroxylation is 4. The van der Waals surface area contributed by atoms with Gasteiger partial charge in [0.15, 0.2) is 0 Å². The fraction of sp³-hybridized carbons (Fsp3) is 0.269. The van der Waals surface area contributed by atoms with Crippen molar-refractivity contribution in [3.05, 3.63) is 83.4 Å². The van der Waals surface area contributed by atoms with Crippen LogP contribution in [0.1, 0.15) is 29.5 Å². The molecule has 3 heteroatoms. The predicted octanol–water partition coefficient (Wildman–Crippen LogP) is 6.49. The van der Waals surface area contributed by atoms with E-state index in [1.807, 2.05) is 12.1 Å². The quantitative estimate of drug-likeness (QED) is 0.341. The van der Waals surface area contributed by atoms with Crippen LogP contribution >= 0.6 is 0 Å². The van der Waals surface area contributed by atoms with E-state index in [9.17, 15) is 0 Å². The highest BCUT2D eigenvalue weighted by Gasteiger charge is 2.14. The number of hydrogen-bond donors (Lipinski definition) is 0. The van der Waals surface area contributed by atoms with Crippen molar-refractivity contribution in [2.45, 2.75) is 40.2 Å². The summed E-state index contributed by atoms with van der Waals surface area (Å²) in [5.41, 5.74) is 7.24. The van der Waals surface area contributed by atoms with Crippen molar-refractivity contribution in [1.29, 1.82) is 0 Å². The maximum Gasteiger partial charge on any atom is 0.141 e. The lowest BCUT2D eigenvalue weighted by Gasteiger charge is -2.12. The van der Waals surface area contributed by atoms with Crippen molar-refractivity contribution in [3.8, 4) is 17.1 Å². The molecule has 148 valence electrons. The van der Waals surface area contributed by atoms with Gasteiger partial charge in [0, 0.05) is 12.1 Å². The van der Waals surface area contributed by atoms with Crippen molar-refractivity contribution in [2.75, 3.05) is 6.61 Å². The lowest BCUT2D eigenvalue weighted by molar-refractivity contribution is 0.303. The molecule has 0 unspecified atom stereocenters. The van der Waals surface area contributed by atoms with Crippen LogP contribution in [0.25, 0.3) is 22.4 Å². The molecule has 4 aromatic rings. The molecule has 3 aromatic carbocycles. The first kappa shape index (κ1) is 19.3. The molecule has 0 aliphatic rings. The molecule has 0 atom stereocenters. The summed E-state index contributed by atoms with van der Waals surface area (Å²) in [4.78, 5) is 4.96. The Morgan fingerprint density at radius 2 is 1.66 bits per heavy atom. The van der Waals surface area contributed by atoms with Gasteiger partial charge in [-0.1, -0.05) is 48.0 Å². The molecule has 0 bridgehead atoms. The fourth-order valence-corrected chi connectivity index (χ4v) is 3.84. The number of benzene rings is 3. The van der Waals surface area contributed by atoms with Crippen LogP contribution in [-0.4, -0.2) is 16.2 Å². The second-order valence-corrected chi connectivity index (χ2v) is 7.77. The molecule has 4 rings (SSSR count). The topological polar surface area (TPSA) is 27.1 Å². The van der Waals surface area contributed by atoms with E-state index in [0.717, 1.165) is 43.1 Å². The van der Waals surface area contributed by atoms with Crippen LogP contribution in [0.4, 0.5) is 0 Å². The van der Waals surface area contributed by atoms with Crippen molar-refractivity contribution < 1.29 is 4.74 Å². The van der Waals surface area contributed by atoms with E-state index in [0.29, 0.717) is 0 Å². The number of para-hydroxylation sites is 2. The number of hydrogen-bond acceptors (Lipinski definition) is 2. The number of rotatable bonds is 7. The first-order valence-corrected chi connectivity index (χ1v) is 10.3. The second-order valence-electron chi connectivity index (χ2n) is 7.77. The van der Waals surface area contributed by atoms with Crippen molar-refractivity contribution >= 4 is 11.0 Å². The Morgan fingerprint density at radius 3 is 2.48 bits per heavy atom. The molecule has 0 aliphatic carbocycles. The summed E-state index contributed by atoms with van der Waals surface area (Å²) >= 11 is 0.